The van der Waals surface area contributed by atoms with Crippen molar-refractivity contribution in [2.24, 2.45) is 5.92 Å². The first-order chi connectivity index (χ1) is 14.9. The normalized spacial score (nSPS) is 17.4. The van der Waals surface area contributed by atoms with Crippen molar-refractivity contribution in [1.29, 1.82) is 0 Å². The van der Waals surface area contributed by atoms with Crippen molar-refractivity contribution in [2.75, 3.05) is 5.33 Å². The number of nitrogens with zero attached hydrogens (tertiary/aromatic N) is 1. The molecule has 1 aliphatic heterocycles. The Morgan fingerprint density at radius 3 is 2.77 bits per heavy atom. The number of amides is 1. The number of aldehydes is 1. The minimum absolute atomic E-state index is 0.270. The van der Waals surface area contributed by atoms with E-state index in [4.69, 9.17) is 11.6 Å². The van der Waals surface area contributed by atoms with Crippen LogP contribution in [0.25, 0.3) is 5.57 Å². The molecule has 2 aromatic carbocycles. The van der Waals surface area contributed by atoms with Crippen LogP contribution in [0.5, 0.6) is 0 Å². The van der Waals surface area contributed by atoms with E-state index in [9.17, 15) is 14.0 Å². The molecule has 2 atom stereocenters. The van der Waals surface area contributed by atoms with Crippen molar-refractivity contribution in [3.63, 3.8) is 0 Å². The van der Waals surface area contributed by atoms with Crippen molar-refractivity contribution < 1.29 is 14.0 Å². The van der Waals surface area contributed by atoms with E-state index in [1.54, 1.807) is 25.1 Å². The Kier molecular flexibility index (Phi) is 6.49. The molecular weight excluding hydrogens is 483 g/mol. The van der Waals surface area contributed by atoms with Crippen LogP contribution >= 0.6 is 27.5 Å². The number of hydrogen-bond donors (Lipinski definition) is 1. The molecular formula is C24H22BrClFN2O2. The smallest absolute Gasteiger partial charge is 0.254 e. The highest BCUT2D eigenvalue weighted by atomic mass is 79.9. The summed E-state index contributed by atoms with van der Waals surface area (Å²) in [6.07, 6.45) is 2.82. The van der Waals surface area contributed by atoms with Crippen molar-refractivity contribution in [2.45, 2.75) is 38.3 Å². The number of benzene rings is 2. The number of hydrogen-bond acceptors (Lipinski definition) is 2. The molecule has 1 fully saturated rings. The molecule has 1 aliphatic carbocycles. The first kappa shape index (κ1) is 22.0. The summed E-state index contributed by atoms with van der Waals surface area (Å²) in [4.78, 5) is 25.2. The number of allylic oxidation sites excluding steroid dienone is 1. The topological polar surface area (TPSA) is 60.3 Å². The lowest BCUT2D eigenvalue weighted by atomic mass is 9.85. The Labute approximate surface area is 194 Å². The molecule has 1 radical (unpaired) electrons. The van der Waals surface area contributed by atoms with Gasteiger partial charge in [-0.2, -0.15) is 0 Å². The lowest BCUT2D eigenvalue weighted by Gasteiger charge is -2.28. The summed E-state index contributed by atoms with van der Waals surface area (Å²) >= 11 is 9.89. The van der Waals surface area contributed by atoms with Crippen LogP contribution in [0, 0.1) is 11.7 Å². The van der Waals surface area contributed by atoms with Crippen LogP contribution in [0.4, 0.5) is 4.39 Å². The van der Waals surface area contributed by atoms with Gasteiger partial charge in [-0.3, -0.25) is 10.1 Å². The van der Waals surface area contributed by atoms with E-state index in [0.29, 0.717) is 33.7 Å². The monoisotopic (exact) mass is 503 g/mol. The van der Waals surface area contributed by atoms with Crippen LogP contribution < -0.4 is 10.6 Å². The molecule has 1 heterocycles. The second kappa shape index (κ2) is 9.13. The van der Waals surface area contributed by atoms with E-state index in [1.807, 2.05) is 6.07 Å². The van der Waals surface area contributed by atoms with Crippen LogP contribution in [-0.2, 0) is 16.1 Å². The van der Waals surface area contributed by atoms with Gasteiger partial charge < -0.3 is 10.1 Å². The van der Waals surface area contributed by atoms with E-state index in [1.165, 1.54) is 12.1 Å². The molecule has 1 unspecified atom stereocenters. The quantitative estimate of drug-likeness (QED) is 0.412. The van der Waals surface area contributed by atoms with E-state index in [0.717, 1.165) is 35.8 Å². The molecule has 0 saturated heterocycles. The molecule has 2 aliphatic rings. The maximum absolute atomic E-state index is 13.9. The Balaban J connectivity index is 1.77. The first-order valence-electron chi connectivity index (χ1n) is 10.2. The van der Waals surface area contributed by atoms with Crippen molar-refractivity contribution in [1.82, 2.24) is 10.6 Å². The van der Waals surface area contributed by atoms with Gasteiger partial charge in [-0.05, 0) is 53.6 Å². The molecule has 2 aromatic rings. The molecule has 1 N–H and O–H groups in total. The van der Waals surface area contributed by atoms with Crippen molar-refractivity contribution in [3.05, 3.63) is 75.2 Å². The Hall–Kier alpha value is -2.18. The summed E-state index contributed by atoms with van der Waals surface area (Å²) in [6.45, 7) is 2.15. The van der Waals surface area contributed by atoms with Gasteiger partial charge in [0.1, 0.15) is 12.1 Å². The van der Waals surface area contributed by atoms with Gasteiger partial charge >= 0.3 is 0 Å². The molecule has 0 bridgehead atoms. The van der Waals surface area contributed by atoms with Gasteiger partial charge in [0.05, 0.1) is 23.9 Å². The van der Waals surface area contributed by atoms with Crippen LogP contribution in [-0.4, -0.2) is 17.5 Å². The largest absolute Gasteiger partial charge is 0.345 e. The van der Waals surface area contributed by atoms with Gasteiger partial charge in [0.2, 0.25) is 0 Å². The number of nitrogens with one attached hydrogen (secondary N) is 1. The average Bonchev–Trinajstić information content (AvgIpc) is 3.61. The van der Waals surface area contributed by atoms with Gasteiger partial charge in [0.15, 0.2) is 0 Å². The molecule has 0 aromatic heterocycles. The number of carbonyl (C=O) groups is 2. The van der Waals surface area contributed by atoms with Gasteiger partial charge in [0, 0.05) is 21.8 Å². The highest BCUT2D eigenvalue weighted by Crippen LogP contribution is 2.43. The minimum Gasteiger partial charge on any atom is -0.345 e. The van der Waals surface area contributed by atoms with Gasteiger partial charge in [0.25, 0.3) is 5.91 Å². The Morgan fingerprint density at radius 2 is 2.13 bits per heavy atom. The predicted molar refractivity (Wildman–Crippen MR) is 122 cm³/mol. The van der Waals surface area contributed by atoms with Crippen LogP contribution in [0.3, 0.4) is 0 Å². The molecule has 7 heteroatoms. The minimum atomic E-state index is -0.397. The number of alkyl halides is 1. The second-order valence-electron chi connectivity index (χ2n) is 8.03. The third-order valence-electron chi connectivity index (χ3n) is 5.89. The van der Waals surface area contributed by atoms with E-state index in [2.05, 4.69) is 26.6 Å². The van der Waals surface area contributed by atoms with Crippen molar-refractivity contribution in [3.8, 4) is 0 Å². The van der Waals surface area contributed by atoms with E-state index < -0.39 is 5.92 Å². The summed E-state index contributed by atoms with van der Waals surface area (Å²) in [6, 6.07) is 9.62. The molecule has 1 saturated carbocycles. The second-order valence-corrected chi connectivity index (χ2v) is 9.00. The van der Waals surface area contributed by atoms with Crippen LogP contribution in [0.15, 0.2) is 42.1 Å². The molecule has 31 heavy (non-hydrogen) atoms. The average molecular weight is 505 g/mol. The molecule has 4 rings (SSSR count). The maximum Gasteiger partial charge on any atom is 0.254 e. The van der Waals surface area contributed by atoms with Gasteiger partial charge in [-0.25, -0.2) is 4.39 Å². The van der Waals surface area contributed by atoms with Gasteiger partial charge in [-0.15, -0.1) is 0 Å². The third-order valence-corrected chi connectivity index (χ3v) is 6.78. The summed E-state index contributed by atoms with van der Waals surface area (Å²) in [5.41, 5.74) is 3.96. The fourth-order valence-corrected chi connectivity index (χ4v) is 4.79. The fourth-order valence-electron chi connectivity index (χ4n) is 4.11. The van der Waals surface area contributed by atoms with E-state index in [-0.39, 0.29) is 23.7 Å². The number of carbonyl (C=O) groups excluding carboxylic acids is 2. The number of fused-ring (bicyclic) bond motifs is 1. The Morgan fingerprint density at radius 1 is 1.35 bits per heavy atom. The van der Waals surface area contributed by atoms with Crippen LogP contribution in [0.2, 0.25) is 5.02 Å². The van der Waals surface area contributed by atoms with Crippen LogP contribution in [0.1, 0.15) is 54.0 Å². The number of halogens is 3. The molecule has 0 spiro atoms. The SMILES string of the molecule is CC(C=O)c1ccc(Cl)c2c1C(C(=O)N[C@H](c1cccc(F)c1)C1CC1)=C(CBr)[N]C2. The van der Waals surface area contributed by atoms with E-state index >= 15 is 0 Å². The first-order valence-corrected chi connectivity index (χ1v) is 11.7. The molecule has 1 amide bonds. The molecule has 4 nitrogen and oxygen atoms in total. The van der Waals surface area contributed by atoms with Crippen molar-refractivity contribution >= 4 is 45.3 Å². The highest BCUT2D eigenvalue weighted by Gasteiger charge is 2.36. The fraction of sp³-hybridized carbons (Fsp3) is 0.333. The zero-order chi connectivity index (χ0) is 22.1. The summed E-state index contributed by atoms with van der Waals surface area (Å²) in [5.74, 6) is -0.746. The maximum atomic E-state index is 13.9. The van der Waals surface area contributed by atoms with Gasteiger partial charge in [-0.1, -0.05) is 52.7 Å². The lowest BCUT2D eigenvalue weighted by Crippen LogP contribution is -2.34. The highest BCUT2D eigenvalue weighted by molar-refractivity contribution is 9.09. The summed E-state index contributed by atoms with van der Waals surface area (Å²) in [5, 5.41) is 8.61. The standard InChI is InChI=1S/C24H22BrClFN2O2/c1-13(12-30)17-7-8-19(26)18-11-28-20(10-25)22(21(17)18)24(31)29-23(14-5-6-14)15-3-2-4-16(27)9-15/h2-4,7-9,12-14,23H,5-6,10-11H2,1H3,(H,29,31)/t13?,23-/m0/s1. The third kappa shape index (κ3) is 4.41. The summed E-state index contributed by atoms with van der Waals surface area (Å²) in [7, 11) is 0. The zero-order valence-corrected chi connectivity index (χ0v) is 19.3. The summed E-state index contributed by atoms with van der Waals surface area (Å²) < 4.78 is 13.9. The number of rotatable bonds is 7. The zero-order valence-electron chi connectivity index (χ0n) is 17.0. The predicted octanol–water partition coefficient (Wildman–Crippen LogP) is 5.27. The Bertz CT molecular complexity index is 1070. The molecule has 161 valence electrons. The lowest BCUT2D eigenvalue weighted by molar-refractivity contribution is -0.116.